The van der Waals surface area contributed by atoms with E-state index in [-0.39, 0.29) is 12.1 Å². The second-order valence-corrected chi connectivity index (χ2v) is 6.51. The van der Waals surface area contributed by atoms with E-state index in [2.05, 4.69) is 35.5 Å². The monoisotopic (exact) mass is 365 g/mol. The Morgan fingerprint density at radius 1 is 1.11 bits per heavy atom. The van der Waals surface area contributed by atoms with E-state index >= 15 is 0 Å². The molecule has 140 valence electrons. The van der Waals surface area contributed by atoms with Gasteiger partial charge in [-0.25, -0.2) is 9.97 Å². The molecule has 3 heterocycles. The summed E-state index contributed by atoms with van der Waals surface area (Å²) in [6.07, 6.45) is 3.67. The second kappa shape index (κ2) is 7.81. The normalized spacial score (nSPS) is 19.6. The minimum atomic E-state index is 0.0754. The number of fused-ring (bicyclic) bond motifs is 1. The molecule has 3 aromatic rings. The van der Waals surface area contributed by atoms with Crippen LogP contribution in [0.3, 0.4) is 0 Å². The summed E-state index contributed by atoms with van der Waals surface area (Å²) in [6, 6.07) is 10.00. The molecule has 2 atom stereocenters. The smallest absolute Gasteiger partial charge is 0.224 e. The number of methoxy groups -OCH3 is 1. The SMILES string of the molecule is CNc1nccc(N2C[C@H](OC)[C@H](NCc3cnc4ccccc4n3)C2)n1. The molecule has 27 heavy (non-hydrogen) atoms. The third-order valence-corrected chi connectivity index (χ3v) is 4.80. The van der Waals surface area contributed by atoms with Gasteiger partial charge in [-0.2, -0.15) is 4.98 Å². The molecule has 0 bridgehead atoms. The molecule has 2 N–H and O–H groups in total. The topological polar surface area (TPSA) is 88.1 Å². The molecule has 0 spiro atoms. The third kappa shape index (κ3) is 3.81. The van der Waals surface area contributed by atoms with Crippen LogP contribution in [0.2, 0.25) is 0 Å². The van der Waals surface area contributed by atoms with E-state index in [1.165, 1.54) is 0 Å². The number of hydrogen-bond donors (Lipinski definition) is 2. The van der Waals surface area contributed by atoms with Gasteiger partial charge in [0.05, 0.1) is 35.1 Å². The maximum absolute atomic E-state index is 5.69. The minimum absolute atomic E-state index is 0.0754. The Kier molecular flexibility index (Phi) is 5.08. The van der Waals surface area contributed by atoms with Crippen LogP contribution in [0.4, 0.5) is 11.8 Å². The number of benzene rings is 1. The first-order chi connectivity index (χ1) is 13.3. The van der Waals surface area contributed by atoms with E-state index < -0.39 is 0 Å². The standard InChI is InChI=1S/C19H23N7O/c1-20-19-21-8-7-18(25-19)26-11-16(17(12-26)27-2)23-10-13-9-22-14-5-3-4-6-15(14)24-13/h3-9,16-17,23H,10-12H2,1-2H3,(H,20,21,25)/t16-,17+/m1/s1. The molecule has 8 nitrogen and oxygen atoms in total. The van der Waals surface area contributed by atoms with E-state index in [1.807, 2.05) is 43.6 Å². The number of rotatable bonds is 6. The lowest BCUT2D eigenvalue weighted by molar-refractivity contribution is 0.0965. The van der Waals surface area contributed by atoms with Gasteiger partial charge in [-0.3, -0.25) is 4.98 Å². The average molecular weight is 365 g/mol. The van der Waals surface area contributed by atoms with Gasteiger partial charge in [0.1, 0.15) is 5.82 Å². The summed E-state index contributed by atoms with van der Waals surface area (Å²) in [4.78, 5) is 20.1. The van der Waals surface area contributed by atoms with Crippen molar-refractivity contribution in [2.45, 2.75) is 18.7 Å². The highest BCUT2D eigenvalue weighted by Gasteiger charge is 2.33. The zero-order chi connectivity index (χ0) is 18.6. The van der Waals surface area contributed by atoms with Crippen LogP contribution in [0.15, 0.2) is 42.7 Å². The van der Waals surface area contributed by atoms with Crippen molar-refractivity contribution in [1.82, 2.24) is 25.3 Å². The predicted molar refractivity (Wildman–Crippen MR) is 105 cm³/mol. The quantitative estimate of drug-likeness (QED) is 0.679. The van der Waals surface area contributed by atoms with Gasteiger partial charge in [0.2, 0.25) is 5.95 Å². The fourth-order valence-corrected chi connectivity index (χ4v) is 3.36. The van der Waals surface area contributed by atoms with Crippen molar-refractivity contribution in [3.8, 4) is 0 Å². The van der Waals surface area contributed by atoms with Gasteiger partial charge in [-0.15, -0.1) is 0 Å². The lowest BCUT2D eigenvalue weighted by Gasteiger charge is -2.18. The van der Waals surface area contributed by atoms with Gasteiger partial charge in [0, 0.05) is 40.0 Å². The average Bonchev–Trinajstić information content (AvgIpc) is 3.15. The Morgan fingerprint density at radius 3 is 2.78 bits per heavy atom. The molecule has 4 rings (SSSR count). The van der Waals surface area contributed by atoms with Crippen molar-refractivity contribution in [3.63, 3.8) is 0 Å². The van der Waals surface area contributed by atoms with E-state index in [1.54, 1.807) is 13.3 Å². The molecular weight excluding hydrogens is 342 g/mol. The molecule has 0 saturated carbocycles. The molecule has 0 amide bonds. The van der Waals surface area contributed by atoms with Gasteiger partial charge < -0.3 is 20.3 Å². The Morgan fingerprint density at radius 2 is 1.96 bits per heavy atom. The summed E-state index contributed by atoms with van der Waals surface area (Å²) < 4.78 is 5.69. The summed E-state index contributed by atoms with van der Waals surface area (Å²) >= 11 is 0. The van der Waals surface area contributed by atoms with E-state index in [9.17, 15) is 0 Å². The van der Waals surface area contributed by atoms with Crippen LogP contribution >= 0.6 is 0 Å². The molecule has 2 aromatic heterocycles. The van der Waals surface area contributed by atoms with Gasteiger partial charge in [0.15, 0.2) is 0 Å². The molecule has 0 aliphatic carbocycles. The van der Waals surface area contributed by atoms with Crippen LogP contribution in [0, 0.1) is 0 Å². The number of para-hydroxylation sites is 2. The lowest BCUT2D eigenvalue weighted by atomic mass is 10.2. The fourth-order valence-electron chi connectivity index (χ4n) is 3.36. The van der Waals surface area contributed by atoms with Crippen LogP contribution in [0.5, 0.6) is 0 Å². The molecule has 1 saturated heterocycles. The Labute approximate surface area is 158 Å². The molecule has 8 heteroatoms. The molecule has 0 unspecified atom stereocenters. The Bertz CT molecular complexity index is 919. The molecule has 0 radical (unpaired) electrons. The Balaban J connectivity index is 1.44. The number of ether oxygens (including phenoxy) is 1. The zero-order valence-electron chi connectivity index (χ0n) is 15.5. The first-order valence-electron chi connectivity index (χ1n) is 8.99. The maximum atomic E-state index is 5.69. The number of aromatic nitrogens is 4. The lowest BCUT2D eigenvalue weighted by Crippen LogP contribution is -2.39. The fraction of sp³-hybridized carbons (Fsp3) is 0.368. The highest BCUT2D eigenvalue weighted by atomic mass is 16.5. The molecule has 1 aromatic carbocycles. The zero-order valence-corrected chi connectivity index (χ0v) is 15.5. The Hall–Kier alpha value is -2.84. The predicted octanol–water partition coefficient (Wildman–Crippen LogP) is 1.45. The van der Waals surface area contributed by atoms with Crippen molar-refractivity contribution in [1.29, 1.82) is 0 Å². The van der Waals surface area contributed by atoms with Crippen molar-refractivity contribution in [2.24, 2.45) is 0 Å². The van der Waals surface area contributed by atoms with Crippen molar-refractivity contribution >= 4 is 22.8 Å². The van der Waals surface area contributed by atoms with Gasteiger partial charge in [0.25, 0.3) is 0 Å². The van der Waals surface area contributed by atoms with Crippen LogP contribution in [-0.4, -0.2) is 59.3 Å². The molecule has 1 fully saturated rings. The maximum Gasteiger partial charge on any atom is 0.224 e. The van der Waals surface area contributed by atoms with E-state index in [0.717, 1.165) is 35.6 Å². The van der Waals surface area contributed by atoms with Crippen LogP contribution < -0.4 is 15.5 Å². The number of hydrogen-bond acceptors (Lipinski definition) is 8. The first-order valence-corrected chi connectivity index (χ1v) is 8.99. The molecule has 1 aliphatic heterocycles. The summed E-state index contributed by atoms with van der Waals surface area (Å²) in [5, 5.41) is 6.54. The van der Waals surface area contributed by atoms with Gasteiger partial charge in [-0.05, 0) is 18.2 Å². The summed E-state index contributed by atoms with van der Waals surface area (Å²) in [5.41, 5.74) is 2.74. The van der Waals surface area contributed by atoms with E-state index in [0.29, 0.717) is 12.5 Å². The summed E-state index contributed by atoms with van der Waals surface area (Å²) in [5.74, 6) is 1.51. The number of anilines is 2. The van der Waals surface area contributed by atoms with Crippen LogP contribution in [0.25, 0.3) is 11.0 Å². The summed E-state index contributed by atoms with van der Waals surface area (Å²) in [7, 11) is 3.56. The van der Waals surface area contributed by atoms with Crippen molar-refractivity contribution in [3.05, 3.63) is 48.4 Å². The highest BCUT2D eigenvalue weighted by Crippen LogP contribution is 2.21. The van der Waals surface area contributed by atoms with Crippen molar-refractivity contribution in [2.75, 3.05) is 37.5 Å². The third-order valence-electron chi connectivity index (χ3n) is 4.80. The van der Waals surface area contributed by atoms with Crippen LogP contribution in [-0.2, 0) is 11.3 Å². The van der Waals surface area contributed by atoms with Gasteiger partial charge in [-0.1, -0.05) is 12.1 Å². The number of nitrogens with one attached hydrogen (secondary N) is 2. The number of nitrogens with zero attached hydrogens (tertiary/aromatic N) is 5. The first kappa shape index (κ1) is 17.6. The van der Waals surface area contributed by atoms with Crippen LogP contribution in [0.1, 0.15) is 5.69 Å². The molecule has 1 aliphatic rings. The second-order valence-electron chi connectivity index (χ2n) is 6.51. The largest absolute Gasteiger partial charge is 0.378 e. The molecular formula is C19H23N7O. The minimum Gasteiger partial charge on any atom is -0.378 e. The van der Waals surface area contributed by atoms with Gasteiger partial charge >= 0.3 is 0 Å². The highest BCUT2D eigenvalue weighted by molar-refractivity contribution is 5.73. The van der Waals surface area contributed by atoms with E-state index in [4.69, 9.17) is 4.74 Å². The van der Waals surface area contributed by atoms with Crippen molar-refractivity contribution < 1.29 is 4.74 Å². The summed E-state index contributed by atoms with van der Waals surface area (Å²) in [6.45, 7) is 2.22.